The fourth-order valence-electron chi connectivity index (χ4n) is 1.70. The summed E-state index contributed by atoms with van der Waals surface area (Å²) in [6, 6.07) is 2.65. The third-order valence-electron chi connectivity index (χ3n) is 2.94. The molecule has 0 aliphatic rings. The van der Waals surface area contributed by atoms with Crippen LogP contribution in [0.15, 0.2) is 23.1 Å². The Hall–Kier alpha value is -2.17. The maximum absolute atomic E-state index is 12.1. The van der Waals surface area contributed by atoms with E-state index >= 15 is 0 Å². The minimum atomic E-state index is -3.77. The van der Waals surface area contributed by atoms with E-state index in [4.69, 9.17) is 16.3 Å². The lowest BCUT2D eigenvalue weighted by molar-refractivity contribution is -0.123. The van der Waals surface area contributed by atoms with Crippen LogP contribution in [-0.2, 0) is 19.6 Å². The fraction of sp³-hybridized carbons (Fsp3) is 0.400. The van der Waals surface area contributed by atoms with E-state index in [1.165, 1.54) is 26.2 Å². The molecule has 1 rings (SSSR count). The summed E-state index contributed by atoms with van der Waals surface area (Å²) in [7, 11) is -1.09. The van der Waals surface area contributed by atoms with Crippen LogP contribution in [0.25, 0.3) is 0 Å². The van der Waals surface area contributed by atoms with E-state index in [0.717, 1.165) is 10.4 Å². The van der Waals surface area contributed by atoms with E-state index in [1.54, 1.807) is 13.8 Å². The number of amides is 3. The Balaban J connectivity index is 2.82. The van der Waals surface area contributed by atoms with E-state index in [0.29, 0.717) is 0 Å². The molecule has 1 aromatic rings. The zero-order chi connectivity index (χ0) is 20.1. The number of halogens is 1. The van der Waals surface area contributed by atoms with Crippen molar-refractivity contribution in [1.82, 2.24) is 14.9 Å². The first-order chi connectivity index (χ1) is 11.9. The van der Waals surface area contributed by atoms with Crippen LogP contribution in [0, 0.1) is 0 Å². The number of ether oxygens (including phenoxy) is 1. The normalized spacial score (nSPS) is 11.3. The van der Waals surface area contributed by atoms with Gasteiger partial charge in [0.15, 0.2) is 6.61 Å². The molecule has 26 heavy (non-hydrogen) atoms. The van der Waals surface area contributed by atoms with Crippen LogP contribution < -0.4 is 10.6 Å². The Labute approximate surface area is 156 Å². The average molecular weight is 406 g/mol. The van der Waals surface area contributed by atoms with Crippen LogP contribution in [-0.4, -0.2) is 57.4 Å². The van der Waals surface area contributed by atoms with Crippen LogP contribution in [0.1, 0.15) is 24.2 Å². The van der Waals surface area contributed by atoms with Crippen LogP contribution in [0.4, 0.5) is 4.79 Å². The lowest BCUT2D eigenvalue weighted by Gasteiger charge is -2.13. The van der Waals surface area contributed by atoms with Gasteiger partial charge in [-0.3, -0.25) is 10.1 Å². The molecular weight excluding hydrogens is 386 g/mol. The molecule has 0 radical (unpaired) electrons. The molecule has 9 nitrogen and oxygen atoms in total. The summed E-state index contributed by atoms with van der Waals surface area (Å²) in [5.74, 6) is -1.84. The lowest BCUT2D eigenvalue weighted by Crippen LogP contribution is -2.44. The molecule has 0 bridgehead atoms. The quantitative estimate of drug-likeness (QED) is 0.680. The highest BCUT2D eigenvalue weighted by atomic mass is 35.5. The van der Waals surface area contributed by atoms with Gasteiger partial charge in [0.1, 0.15) is 0 Å². The minimum Gasteiger partial charge on any atom is -0.452 e. The standard InChI is InChI=1S/C15H20ClN3O6S/c1-9(2)17-15(22)18-13(20)8-25-14(21)11-7-10(5-6-12(11)16)26(23,24)19(3)4/h5-7,9H,8H2,1-4H3,(H2,17,18,20,22). The number of rotatable bonds is 6. The molecule has 0 aliphatic heterocycles. The minimum absolute atomic E-state index is 0.0364. The molecule has 144 valence electrons. The Morgan fingerprint density at radius 3 is 2.38 bits per heavy atom. The number of urea groups is 1. The number of hydrogen-bond acceptors (Lipinski definition) is 6. The number of carbonyl (C=O) groups excluding carboxylic acids is 3. The second-order valence-electron chi connectivity index (χ2n) is 5.68. The molecular formula is C15H20ClN3O6S. The van der Waals surface area contributed by atoms with Crippen molar-refractivity contribution < 1.29 is 27.5 Å². The molecule has 3 amide bonds. The highest BCUT2D eigenvalue weighted by Gasteiger charge is 2.22. The van der Waals surface area contributed by atoms with Gasteiger partial charge in [0.05, 0.1) is 15.5 Å². The Kier molecular flexibility index (Phi) is 7.54. The molecule has 0 saturated heterocycles. The van der Waals surface area contributed by atoms with Gasteiger partial charge in [0, 0.05) is 20.1 Å². The summed E-state index contributed by atoms with van der Waals surface area (Å²) in [6.07, 6.45) is 0. The molecule has 1 aromatic carbocycles. The molecule has 0 fully saturated rings. The van der Waals surface area contributed by atoms with E-state index in [9.17, 15) is 22.8 Å². The van der Waals surface area contributed by atoms with Crippen LogP contribution in [0.5, 0.6) is 0 Å². The van der Waals surface area contributed by atoms with Crippen molar-refractivity contribution in [2.75, 3.05) is 20.7 Å². The first-order valence-electron chi connectivity index (χ1n) is 7.44. The van der Waals surface area contributed by atoms with Crippen molar-refractivity contribution in [2.45, 2.75) is 24.8 Å². The first kappa shape index (κ1) is 21.9. The summed E-state index contributed by atoms with van der Waals surface area (Å²) in [6.45, 7) is 2.69. The van der Waals surface area contributed by atoms with Gasteiger partial charge in [-0.05, 0) is 32.0 Å². The number of nitrogens with one attached hydrogen (secondary N) is 2. The van der Waals surface area contributed by atoms with E-state index in [-0.39, 0.29) is 21.5 Å². The predicted octanol–water partition coefficient (Wildman–Crippen LogP) is 0.981. The Bertz CT molecular complexity index is 808. The molecule has 11 heteroatoms. The van der Waals surface area contributed by atoms with Gasteiger partial charge in [-0.25, -0.2) is 22.3 Å². The predicted molar refractivity (Wildman–Crippen MR) is 94.4 cm³/mol. The topological polar surface area (TPSA) is 122 Å². The summed E-state index contributed by atoms with van der Waals surface area (Å²) in [5, 5.41) is 4.38. The first-order valence-corrected chi connectivity index (χ1v) is 9.26. The van der Waals surface area contributed by atoms with Gasteiger partial charge in [-0.2, -0.15) is 0 Å². The number of hydrogen-bond donors (Lipinski definition) is 2. The van der Waals surface area contributed by atoms with E-state index in [1.807, 2.05) is 5.32 Å². The number of esters is 1. The van der Waals surface area contributed by atoms with Gasteiger partial charge in [0.25, 0.3) is 5.91 Å². The second-order valence-corrected chi connectivity index (χ2v) is 8.24. The number of sulfonamides is 1. The van der Waals surface area contributed by atoms with E-state index < -0.39 is 34.5 Å². The van der Waals surface area contributed by atoms with Gasteiger partial charge >= 0.3 is 12.0 Å². The SMILES string of the molecule is CC(C)NC(=O)NC(=O)COC(=O)c1cc(S(=O)(=O)N(C)C)ccc1Cl. The summed E-state index contributed by atoms with van der Waals surface area (Å²) < 4.78 is 30.0. The zero-order valence-electron chi connectivity index (χ0n) is 14.7. The molecule has 0 heterocycles. The lowest BCUT2D eigenvalue weighted by atomic mass is 10.2. The van der Waals surface area contributed by atoms with Crippen molar-refractivity contribution in [3.63, 3.8) is 0 Å². The Morgan fingerprint density at radius 1 is 1.23 bits per heavy atom. The zero-order valence-corrected chi connectivity index (χ0v) is 16.3. The third-order valence-corrected chi connectivity index (χ3v) is 5.08. The highest BCUT2D eigenvalue weighted by molar-refractivity contribution is 7.89. The van der Waals surface area contributed by atoms with Crippen molar-refractivity contribution in [2.24, 2.45) is 0 Å². The van der Waals surface area contributed by atoms with Crippen LogP contribution >= 0.6 is 11.6 Å². The average Bonchev–Trinajstić information content (AvgIpc) is 2.51. The van der Waals surface area contributed by atoms with Gasteiger partial charge in [0.2, 0.25) is 10.0 Å². The number of benzene rings is 1. The molecule has 0 aromatic heterocycles. The van der Waals surface area contributed by atoms with Crippen molar-refractivity contribution >= 4 is 39.5 Å². The highest BCUT2D eigenvalue weighted by Crippen LogP contribution is 2.22. The largest absolute Gasteiger partial charge is 0.452 e. The molecule has 0 aliphatic carbocycles. The molecule has 0 atom stereocenters. The summed E-state index contributed by atoms with van der Waals surface area (Å²) >= 11 is 5.90. The van der Waals surface area contributed by atoms with Crippen LogP contribution in [0.3, 0.4) is 0 Å². The number of nitrogens with zero attached hydrogens (tertiary/aromatic N) is 1. The number of imide groups is 1. The summed E-state index contributed by atoms with van der Waals surface area (Å²) in [4.78, 5) is 34.9. The molecule has 0 unspecified atom stereocenters. The Morgan fingerprint density at radius 2 is 1.85 bits per heavy atom. The third kappa shape index (κ3) is 5.97. The van der Waals surface area contributed by atoms with Gasteiger partial charge in [-0.15, -0.1) is 0 Å². The van der Waals surface area contributed by atoms with Gasteiger partial charge in [-0.1, -0.05) is 11.6 Å². The molecule has 0 saturated carbocycles. The van der Waals surface area contributed by atoms with E-state index in [2.05, 4.69) is 5.32 Å². The van der Waals surface area contributed by atoms with Crippen molar-refractivity contribution in [3.05, 3.63) is 28.8 Å². The summed E-state index contributed by atoms with van der Waals surface area (Å²) in [5.41, 5.74) is -0.214. The maximum Gasteiger partial charge on any atom is 0.340 e. The van der Waals surface area contributed by atoms with Gasteiger partial charge < -0.3 is 10.1 Å². The monoisotopic (exact) mass is 405 g/mol. The molecule has 2 N–H and O–H groups in total. The van der Waals surface area contributed by atoms with Crippen LogP contribution in [0.2, 0.25) is 5.02 Å². The second kappa shape index (κ2) is 8.97. The number of carbonyl (C=O) groups is 3. The van der Waals surface area contributed by atoms with Crippen molar-refractivity contribution in [1.29, 1.82) is 0 Å². The smallest absolute Gasteiger partial charge is 0.340 e. The maximum atomic E-state index is 12.1. The molecule has 0 spiro atoms. The van der Waals surface area contributed by atoms with Crippen molar-refractivity contribution in [3.8, 4) is 0 Å². The fourth-order valence-corrected chi connectivity index (χ4v) is 2.83.